The topological polar surface area (TPSA) is 44.6 Å². The zero-order valence-corrected chi connectivity index (χ0v) is 18.4. The van der Waals surface area contributed by atoms with E-state index in [2.05, 4.69) is 91.0 Å². The Balaban J connectivity index is 0.000000243. The standard InChI is InChI=1S/C21H21N.C8H8O2/c1-4-10-19(11-5-1)16-22(17-20-12-6-2-7-13-20)18-21-14-8-3-9-15-21;1-6-2-4-7(5-3-6)8(9)10/h1-15H,16-18H2;2-5H,1H3,(H,9,10). The Hall–Kier alpha value is -3.69. The van der Waals surface area contributed by atoms with Crippen molar-refractivity contribution in [3.05, 3.63) is 143 Å². The van der Waals surface area contributed by atoms with Gasteiger partial charge in [0.1, 0.15) is 19.6 Å². The summed E-state index contributed by atoms with van der Waals surface area (Å²) in [4.78, 5) is 11.8. The van der Waals surface area contributed by atoms with Gasteiger partial charge in [-0.2, -0.15) is 0 Å². The van der Waals surface area contributed by atoms with Gasteiger partial charge in [0.2, 0.25) is 0 Å². The fourth-order valence-electron chi connectivity index (χ4n) is 3.53. The monoisotopic (exact) mass is 423 g/mol. The molecule has 4 rings (SSSR count). The largest absolute Gasteiger partial charge is 0.545 e. The molecule has 0 spiro atoms. The Bertz CT molecular complexity index is 964. The Kier molecular flexibility index (Phi) is 8.79. The molecule has 0 fully saturated rings. The molecule has 0 saturated carbocycles. The zero-order chi connectivity index (χ0) is 22.6. The van der Waals surface area contributed by atoms with Gasteiger partial charge in [0.25, 0.3) is 0 Å². The first kappa shape index (κ1) is 23.0. The highest BCUT2D eigenvalue weighted by molar-refractivity contribution is 5.85. The van der Waals surface area contributed by atoms with E-state index in [4.69, 9.17) is 0 Å². The third-order valence-corrected chi connectivity index (χ3v) is 5.18. The van der Waals surface area contributed by atoms with Crippen molar-refractivity contribution < 1.29 is 14.8 Å². The summed E-state index contributed by atoms with van der Waals surface area (Å²) in [6.07, 6.45) is 0. The van der Waals surface area contributed by atoms with E-state index in [1.807, 2.05) is 6.92 Å². The fourth-order valence-corrected chi connectivity index (χ4v) is 3.53. The number of rotatable bonds is 7. The molecule has 0 saturated heterocycles. The van der Waals surface area contributed by atoms with E-state index in [0.717, 1.165) is 25.2 Å². The van der Waals surface area contributed by atoms with Gasteiger partial charge in [0, 0.05) is 16.7 Å². The molecule has 0 aromatic heterocycles. The molecule has 0 radical (unpaired) electrons. The van der Waals surface area contributed by atoms with Crippen LogP contribution >= 0.6 is 0 Å². The summed E-state index contributed by atoms with van der Waals surface area (Å²) < 4.78 is 0. The SMILES string of the molecule is Cc1ccc(C(=O)[O-])cc1.c1ccc(C[NH+](Cc2ccccc2)Cc2ccccc2)cc1. The summed E-state index contributed by atoms with van der Waals surface area (Å²) in [5.74, 6) is -1.12. The Morgan fingerprint density at radius 3 is 1.25 bits per heavy atom. The van der Waals surface area contributed by atoms with Gasteiger partial charge < -0.3 is 14.8 Å². The number of carboxylic acid groups (broad SMARTS) is 1. The predicted octanol–water partition coefficient (Wildman–Crippen LogP) is 3.83. The van der Waals surface area contributed by atoms with Crippen LogP contribution in [0, 0.1) is 6.92 Å². The van der Waals surface area contributed by atoms with Crippen molar-refractivity contribution in [2.45, 2.75) is 26.6 Å². The number of nitrogens with one attached hydrogen (secondary N) is 1. The molecule has 1 N–H and O–H groups in total. The van der Waals surface area contributed by atoms with Crippen molar-refractivity contribution in [2.75, 3.05) is 0 Å². The summed E-state index contributed by atoms with van der Waals surface area (Å²) in [5.41, 5.74) is 5.45. The molecule has 4 aromatic rings. The van der Waals surface area contributed by atoms with E-state index in [0.29, 0.717) is 0 Å². The molecule has 0 amide bonds. The Morgan fingerprint density at radius 2 is 0.938 bits per heavy atom. The van der Waals surface area contributed by atoms with Crippen LogP contribution in [0.15, 0.2) is 115 Å². The fraction of sp³-hybridized carbons (Fsp3) is 0.138. The second-order valence-electron chi connectivity index (χ2n) is 7.89. The number of carboxylic acids is 1. The average molecular weight is 424 g/mol. The van der Waals surface area contributed by atoms with Crippen LogP contribution in [0.4, 0.5) is 0 Å². The van der Waals surface area contributed by atoms with Crippen molar-refractivity contribution in [2.24, 2.45) is 0 Å². The molecule has 3 nitrogen and oxygen atoms in total. The number of hydrogen-bond acceptors (Lipinski definition) is 2. The van der Waals surface area contributed by atoms with E-state index in [9.17, 15) is 9.90 Å². The van der Waals surface area contributed by atoms with Crippen LogP contribution in [0.5, 0.6) is 0 Å². The number of carbonyl (C=O) groups is 1. The molecule has 0 unspecified atom stereocenters. The maximum Gasteiger partial charge on any atom is 0.103 e. The minimum atomic E-state index is -1.12. The highest BCUT2D eigenvalue weighted by atomic mass is 16.4. The first-order chi connectivity index (χ1) is 15.6. The van der Waals surface area contributed by atoms with Crippen LogP contribution in [0.3, 0.4) is 0 Å². The van der Waals surface area contributed by atoms with E-state index < -0.39 is 5.97 Å². The molecular formula is C29H29NO2. The number of hydrogen-bond donors (Lipinski definition) is 1. The van der Waals surface area contributed by atoms with Crippen molar-refractivity contribution >= 4 is 5.97 Å². The molecule has 0 aliphatic rings. The molecular weight excluding hydrogens is 394 g/mol. The number of aromatic carboxylic acids is 1. The summed E-state index contributed by atoms with van der Waals surface area (Å²) in [7, 11) is 0. The first-order valence-electron chi connectivity index (χ1n) is 10.8. The van der Waals surface area contributed by atoms with E-state index >= 15 is 0 Å². The molecule has 0 bridgehead atoms. The van der Waals surface area contributed by atoms with Crippen LogP contribution < -0.4 is 10.0 Å². The lowest BCUT2D eigenvalue weighted by Crippen LogP contribution is -3.08. The third-order valence-electron chi connectivity index (χ3n) is 5.18. The van der Waals surface area contributed by atoms with Gasteiger partial charge in [-0.1, -0.05) is 121 Å². The first-order valence-corrected chi connectivity index (χ1v) is 10.8. The van der Waals surface area contributed by atoms with E-state index in [-0.39, 0.29) is 5.56 Å². The molecule has 0 heterocycles. The quantitative estimate of drug-likeness (QED) is 0.491. The maximum atomic E-state index is 10.2. The molecule has 0 aliphatic heterocycles. The highest BCUT2D eigenvalue weighted by Crippen LogP contribution is 2.02. The Morgan fingerprint density at radius 1 is 0.594 bits per heavy atom. The number of benzene rings is 4. The average Bonchev–Trinajstić information content (AvgIpc) is 2.82. The number of aryl methyl sites for hydroxylation is 1. The van der Waals surface area contributed by atoms with Crippen molar-refractivity contribution in [1.29, 1.82) is 0 Å². The highest BCUT2D eigenvalue weighted by Gasteiger charge is 2.11. The van der Waals surface area contributed by atoms with E-state index in [1.165, 1.54) is 28.8 Å². The summed E-state index contributed by atoms with van der Waals surface area (Å²) >= 11 is 0. The maximum absolute atomic E-state index is 10.2. The number of carbonyl (C=O) groups excluding carboxylic acids is 1. The van der Waals surface area contributed by atoms with Gasteiger partial charge in [-0.15, -0.1) is 0 Å². The van der Waals surface area contributed by atoms with Crippen molar-refractivity contribution in [1.82, 2.24) is 0 Å². The lowest BCUT2D eigenvalue weighted by atomic mass is 10.1. The van der Waals surface area contributed by atoms with Gasteiger partial charge in [-0.3, -0.25) is 0 Å². The molecule has 4 aromatic carbocycles. The molecule has 32 heavy (non-hydrogen) atoms. The molecule has 162 valence electrons. The second kappa shape index (κ2) is 12.2. The normalized spacial score (nSPS) is 10.3. The minimum Gasteiger partial charge on any atom is -0.545 e. The van der Waals surface area contributed by atoms with Gasteiger partial charge in [-0.05, 0) is 12.5 Å². The van der Waals surface area contributed by atoms with Crippen molar-refractivity contribution in [3.8, 4) is 0 Å². The zero-order valence-electron chi connectivity index (χ0n) is 18.4. The van der Waals surface area contributed by atoms with Crippen LogP contribution in [0.2, 0.25) is 0 Å². The summed E-state index contributed by atoms with van der Waals surface area (Å²) in [6.45, 7) is 5.04. The number of quaternary nitrogens is 1. The minimum absolute atomic E-state index is 0.227. The second-order valence-corrected chi connectivity index (χ2v) is 7.89. The Labute approximate surface area is 190 Å². The van der Waals surface area contributed by atoms with Gasteiger partial charge in [0.15, 0.2) is 0 Å². The van der Waals surface area contributed by atoms with Gasteiger partial charge >= 0.3 is 0 Å². The van der Waals surface area contributed by atoms with Gasteiger partial charge in [0.05, 0.1) is 5.97 Å². The van der Waals surface area contributed by atoms with Crippen LogP contribution in [-0.2, 0) is 19.6 Å². The lowest BCUT2D eigenvalue weighted by Gasteiger charge is -2.20. The molecule has 3 heteroatoms. The van der Waals surface area contributed by atoms with E-state index in [1.54, 1.807) is 17.0 Å². The molecule has 0 aliphatic carbocycles. The summed E-state index contributed by atoms with van der Waals surface area (Å²) in [6, 6.07) is 38.8. The lowest BCUT2D eigenvalue weighted by molar-refractivity contribution is -0.941. The van der Waals surface area contributed by atoms with Crippen LogP contribution in [0.25, 0.3) is 0 Å². The third kappa shape index (κ3) is 7.86. The molecule has 0 atom stereocenters. The van der Waals surface area contributed by atoms with Gasteiger partial charge in [-0.25, -0.2) is 0 Å². The van der Waals surface area contributed by atoms with Crippen molar-refractivity contribution in [3.63, 3.8) is 0 Å². The van der Waals surface area contributed by atoms with Crippen LogP contribution in [-0.4, -0.2) is 5.97 Å². The smallest absolute Gasteiger partial charge is 0.103 e. The summed E-state index contributed by atoms with van der Waals surface area (Å²) in [5, 5.41) is 10.2. The predicted molar refractivity (Wildman–Crippen MR) is 127 cm³/mol. The van der Waals surface area contributed by atoms with Crippen LogP contribution in [0.1, 0.15) is 32.6 Å².